The summed E-state index contributed by atoms with van der Waals surface area (Å²) in [6.07, 6.45) is 1.08. The molecule has 6 heteroatoms. The van der Waals surface area contributed by atoms with Crippen LogP contribution < -0.4 is 10.6 Å². The van der Waals surface area contributed by atoms with Crippen molar-refractivity contribution in [3.05, 3.63) is 0 Å². The highest BCUT2D eigenvalue weighted by Gasteiger charge is 2.11. The summed E-state index contributed by atoms with van der Waals surface area (Å²) in [6.45, 7) is 15.4. The minimum absolute atomic E-state index is 0. The molecular weight excluding hydrogens is 379 g/mol. The van der Waals surface area contributed by atoms with E-state index in [9.17, 15) is 0 Å². The molecule has 0 rings (SSSR count). The highest BCUT2D eigenvalue weighted by molar-refractivity contribution is 14.0. The average Bonchev–Trinajstić information content (AvgIpc) is 2.37. The van der Waals surface area contributed by atoms with Gasteiger partial charge in [0.2, 0.25) is 0 Å². The molecule has 0 amide bonds. The molecular formula is C15H35IN4O. The van der Waals surface area contributed by atoms with E-state index in [2.05, 4.69) is 55.1 Å². The van der Waals surface area contributed by atoms with Crippen LogP contribution >= 0.6 is 24.0 Å². The Kier molecular flexibility index (Phi) is 16.4. The molecule has 0 unspecified atom stereocenters. The van der Waals surface area contributed by atoms with Crippen molar-refractivity contribution < 1.29 is 4.74 Å². The van der Waals surface area contributed by atoms with E-state index in [0.717, 1.165) is 38.6 Å². The second-order valence-corrected chi connectivity index (χ2v) is 5.46. The molecule has 5 nitrogen and oxygen atoms in total. The zero-order chi connectivity index (χ0) is 15.4. The Labute approximate surface area is 148 Å². The Hall–Kier alpha value is -0.0800. The fourth-order valence-electron chi connectivity index (χ4n) is 2.17. The summed E-state index contributed by atoms with van der Waals surface area (Å²) < 4.78 is 5.03. The van der Waals surface area contributed by atoms with Crippen LogP contribution in [0.15, 0.2) is 4.99 Å². The van der Waals surface area contributed by atoms with Crippen molar-refractivity contribution in [2.75, 3.05) is 39.9 Å². The average molecular weight is 414 g/mol. The van der Waals surface area contributed by atoms with Gasteiger partial charge in [-0.25, -0.2) is 0 Å². The molecule has 2 N–H and O–H groups in total. The number of aliphatic imine (C=N–C) groups is 1. The van der Waals surface area contributed by atoms with Gasteiger partial charge in [0.1, 0.15) is 0 Å². The normalized spacial score (nSPS) is 12.0. The zero-order valence-electron chi connectivity index (χ0n) is 14.6. The SMILES string of the molecule is CCNC(=NCCCN(C(C)C)C(C)C)NCCOC.I. The maximum atomic E-state index is 5.03. The number of ether oxygens (including phenoxy) is 1. The second-order valence-electron chi connectivity index (χ2n) is 5.46. The van der Waals surface area contributed by atoms with Gasteiger partial charge in [0.15, 0.2) is 5.96 Å². The Morgan fingerprint density at radius 2 is 1.76 bits per heavy atom. The number of guanidine groups is 1. The molecule has 0 aliphatic carbocycles. The van der Waals surface area contributed by atoms with E-state index < -0.39 is 0 Å². The Morgan fingerprint density at radius 3 is 2.24 bits per heavy atom. The third-order valence-electron chi connectivity index (χ3n) is 3.11. The van der Waals surface area contributed by atoms with E-state index in [4.69, 9.17) is 4.74 Å². The Morgan fingerprint density at radius 1 is 1.14 bits per heavy atom. The molecule has 0 heterocycles. The van der Waals surface area contributed by atoms with Gasteiger partial charge in [-0.15, -0.1) is 24.0 Å². The number of halogens is 1. The van der Waals surface area contributed by atoms with Gasteiger partial charge in [-0.2, -0.15) is 0 Å². The van der Waals surface area contributed by atoms with Gasteiger partial charge in [-0.3, -0.25) is 9.89 Å². The smallest absolute Gasteiger partial charge is 0.191 e. The summed E-state index contributed by atoms with van der Waals surface area (Å²) >= 11 is 0. The van der Waals surface area contributed by atoms with E-state index in [-0.39, 0.29) is 24.0 Å². The minimum atomic E-state index is 0. The summed E-state index contributed by atoms with van der Waals surface area (Å²) in [6, 6.07) is 1.18. The second kappa shape index (κ2) is 14.8. The fraction of sp³-hybridized carbons (Fsp3) is 0.933. The van der Waals surface area contributed by atoms with Gasteiger partial charge < -0.3 is 15.4 Å². The molecule has 0 saturated carbocycles. The van der Waals surface area contributed by atoms with Crippen LogP contribution in [0.5, 0.6) is 0 Å². The first-order valence-corrected chi connectivity index (χ1v) is 7.79. The number of hydrogen-bond donors (Lipinski definition) is 2. The molecule has 0 fully saturated rings. The minimum Gasteiger partial charge on any atom is -0.383 e. The predicted molar refractivity (Wildman–Crippen MR) is 103 cm³/mol. The third-order valence-corrected chi connectivity index (χ3v) is 3.11. The van der Waals surface area contributed by atoms with E-state index in [0.29, 0.717) is 18.7 Å². The van der Waals surface area contributed by atoms with Crippen LogP contribution in [0.1, 0.15) is 41.0 Å². The lowest BCUT2D eigenvalue weighted by Crippen LogP contribution is -2.39. The highest BCUT2D eigenvalue weighted by atomic mass is 127. The van der Waals surface area contributed by atoms with Crippen LogP contribution in [-0.2, 0) is 4.74 Å². The lowest BCUT2D eigenvalue weighted by atomic mass is 10.2. The number of nitrogens with one attached hydrogen (secondary N) is 2. The third kappa shape index (κ3) is 12.2. The van der Waals surface area contributed by atoms with E-state index in [1.165, 1.54) is 0 Å². The topological polar surface area (TPSA) is 48.9 Å². The molecule has 0 radical (unpaired) electrons. The summed E-state index contributed by atoms with van der Waals surface area (Å²) in [5, 5.41) is 6.50. The van der Waals surface area contributed by atoms with Gasteiger partial charge >= 0.3 is 0 Å². The summed E-state index contributed by atoms with van der Waals surface area (Å²) in [4.78, 5) is 7.09. The Balaban J connectivity index is 0. The number of hydrogen-bond acceptors (Lipinski definition) is 3. The molecule has 0 aliphatic rings. The molecule has 0 aliphatic heterocycles. The lowest BCUT2D eigenvalue weighted by molar-refractivity contribution is 0.174. The Bertz CT molecular complexity index is 252. The summed E-state index contributed by atoms with van der Waals surface area (Å²) in [7, 11) is 1.71. The van der Waals surface area contributed by atoms with Crippen LogP contribution in [-0.4, -0.2) is 62.8 Å². The van der Waals surface area contributed by atoms with Crippen molar-refractivity contribution in [2.45, 2.75) is 53.1 Å². The maximum absolute atomic E-state index is 5.03. The lowest BCUT2D eigenvalue weighted by Gasteiger charge is -2.30. The molecule has 21 heavy (non-hydrogen) atoms. The van der Waals surface area contributed by atoms with Crippen molar-refractivity contribution >= 4 is 29.9 Å². The van der Waals surface area contributed by atoms with Crippen molar-refractivity contribution in [1.82, 2.24) is 15.5 Å². The zero-order valence-corrected chi connectivity index (χ0v) is 16.9. The van der Waals surface area contributed by atoms with Crippen LogP contribution in [0.25, 0.3) is 0 Å². The molecule has 128 valence electrons. The molecule has 0 aromatic carbocycles. The first-order chi connectivity index (χ1) is 9.52. The number of nitrogens with zero attached hydrogens (tertiary/aromatic N) is 2. The summed E-state index contributed by atoms with van der Waals surface area (Å²) in [5.74, 6) is 0.880. The maximum Gasteiger partial charge on any atom is 0.191 e. The molecule has 0 bridgehead atoms. The van der Waals surface area contributed by atoms with E-state index in [1.807, 2.05) is 0 Å². The largest absolute Gasteiger partial charge is 0.383 e. The first kappa shape index (κ1) is 23.2. The molecule has 0 spiro atoms. The van der Waals surface area contributed by atoms with Gasteiger partial charge in [0.05, 0.1) is 6.61 Å². The van der Waals surface area contributed by atoms with Crippen molar-refractivity contribution in [1.29, 1.82) is 0 Å². The predicted octanol–water partition coefficient (Wildman–Crippen LogP) is 2.31. The van der Waals surface area contributed by atoms with Gasteiger partial charge in [0.25, 0.3) is 0 Å². The van der Waals surface area contributed by atoms with Gasteiger partial charge in [-0.1, -0.05) is 0 Å². The van der Waals surface area contributed by atoms with E-state index in [1.54, 1.807) is 7.11 Å². The monoisotopic (exact) mass is 414 g/mol. The quantitative estimate of drug-likeness (QED) is 0.249. The van der Waals surface area contributed by atoms with Crippen LogP contribution in [0.2, 0.25) is 0 Å². The van der Waals surface area contributed by atoms with E-state index >= 15 is 0 Å². The standard InChI is InChI=1S/C15H34N4O.HI/c1-7-16-15(18-10-12-20-6)17-9-8-11-19(13(2)3)14(4)5;/h13-14H,7-12H2,1-6H3,(H2,16,17,18);1H. The van der Waals surface area contributed by atoms with Gasteiger partial charge in [-0.05, 0) is 41.0 Å². The van der Waals surface area contributed by atoms with Crippen LogP contribution in [0.4, 0.5) is 0 Å². The van der Waals surface area contributed by atoms with Gasteiger partial charge in [0, 0.05) is 45.4 Å². The highest BCUT2D eigenvalue weighted by Crippen LogP contribution is 2.05. The fourth-order valence-corrected chi connectivity index (χ4v) is 2.17. The molecule has 0 aromatic heterocycles. The van der Waals surface area contributed by atoms with Crippen molar-refractivity contribution in [3.8, 4) is 0 Å². The number of rotatable bonds is 10. The molecule has 0 aromatic rings. The number of methoxy groups -OCH3 is 1. The summed E-state index contributed by atoms with van der Waals surface area (Å²) in [5.41, 5.74) is 0. The molecule has 0 atom stereocenters. The van der Waals surface area contributed by atoms with Crippen molar-refractivity contribution in [3.63, 3.8) is 0 Å². The van der Waals surface area contributed by atoms with Crippen LogP contribution in [0.3, 0.4) is 0 Å². The van der Waals surface area contributed by atoms with Crippen molar-refractivity contribution in [2.24, 2.45) is 4.99 Å². The molecule has 0 saturated heterocycles. The first-order valence-electron chi connectivity index (χ1n) is 7.79. The van der Waals surface area contributed by atoms with Crippen LogP contribution in [0, 0.1) is 0 Å².